The topological polar surface area (TPSA) is 29.4 Å². The fourth-order valence-electron chi connectivity index (χ4n) is 1.33. The summed E-state index contributed by atoms with van der Waals surface area (Å²) in [7, 11) is -1.24. The van der Waals surface area contributed by atoms with Gasteiger partial charge in [-0.1, -0.05) is 31.0 Å². The summed E-state index contributed by atoms with van der Waals surface area (Å²) in [6.45, 7) is 6.11. The minimum absolute atomic E-state index is 0.779. The number of unbranched alkanes of at least 4 members (excludes halogenated alkanes) is 1. The summed E-state index contributed by atoms with van der Waals surface area (Å²) in [5, 5.41) is 0. The Kier molecular flexibility index (Phi) is 5.39. The Hall–Kier alpha value is -0.960. The lowest BCUT2D eigenvalue weighted by Gasteiger charge is -2.00. The van der Waals surface area contributed by atoms with E-state index in [0.29, 0.717) is 0 Å². The highest BCUT2D eigenvalue weighted by atomic mass is 32.2. The summed E-state index contributed by atoms with van der Waals surface area (Å²) >= 11 is 0. The van der Waals surface area contributed by atoms with Crippen molar-refractivity contribution in [2.45, 2.75) is 44.9 Å². The molecule has 1 unspecified atom stereocenters. The second-order valence-corrected chi connectivity index (χ2v) is 5.14. The molecule has 3 heteroatoms. The molecule has 0 spiro atoms. The van der Waals surface area contributed by atoms with Gasteiger partial charge >= 0.3 is 0 Å². The molecule has 0 aliphatic carbocycles. The zero-order valence-electron chi connectivity index (χ0n) is 10.2. The number of benzene rings is 1. The van der Waals surface area contributed by atoms with Crippen LogP contribution in [0.3, 0.4) is 0 Å². The predicted molar refractivity (Wildman–Crippen MR) is 70.2 cm³/mol. The average molecular weight is 237 g/mol. The van der Waals surface area contributed by atoms with Gasteiger partial charge in [0.25, 0.3) is 0 Å². The van der Waals surface area contributed by atoms with E-state index < -0.39 is 11.0 Å². The smallest absolute Gasteiger partial charge is 0.172 e. The van der Waals surface area contributed by atoms with E-state index in [4.69, 9.17) is 0 Å². The first-order valence-electron chi connectivity index (χ1n) is 5.66. The minimum atomic E-state index is -1.24. The molecule has 0 heterocycles. The standard InChI is InChI=1S/C13H19NOS/c1-4-5-6-12(3)14-16(15)13-9-7-11(2)8-10-13/h7-10H,4-6H2,1-3H3/b14-12+. The van der Waals surface area contributed by atoms with Crippen molar-refractivity contribution < 1.29 is 4.21 Å². The van der Waals surface area contributed by atoms with E-state index in [2.05, 4.69) is 11.3 Å². The first kappa shape index (κ1) is 13.1. The van der Waals surface area contributed by atoms with Crippen LogP contribution in [0.25, 0.3) is 0 Å². The van der Waals surface area contributed by atoms with Gasteiger partial charge in [0.05, 0.1) is 4.90 Å². The zero-order valence-corrected chi connectivity index (χ0v) is 11.0. The second-order valence-electron chi connectivity index (χ2n) is 3.99. The van der Waals surface area contributed by atoms with E-state index in [-0.39, 0.29) is 0 Å². The lowest BCUT2D eigenvalue weighted by molar-refractivity contribution is 0.684. The van der Waals surface area contributed by atoms with Crippen molar-refractivity contribution in [1.82, 2.24) is 0 Å². The lowest BCUT2D eigenvalue weighted by Crippen LogP contribution is -1.95. The van der Waals surface area contributed by atoms with Crippen LogP contribution in [0.5, 0.6) is 0 Å². The minimum Gasteiger partial charge on any atom is -0.229 e. The lowest BCUT2D eigenvalue weighted by atomic mass is 10.2. The van der Waals surface area contributed by atoms with Crippen LogP contribution < -0.4 is 0 Å². The van der Waals surface area contributed by atoms with Gasteiger partial charge in [0.1, 0.15) is 0 Å². The molecule has 0 aliphatic heterocycles. The molecule has 1 aromatic rings. The van der Waals surface area contributed by atoms with Crippen molar-refractivity contribution in [2.24, 2.45) is 4.40 Å². The normalized spacial score (nSPS) is 13.8. The molecule has 0 saturated carbocycles. The number of aryl methyl sites for hydroxylation is 1. The van der Waals surface area contributed by atoms with E-state index in [1.807, 2.05) is 38.1 Å². The Bertz CT molecular complexity index is 381. The molecule has 0 saturated heterocycles. The first-order chi connectivity index (χ1) is 7.63. The summed E-state index contributed by atoms with van der Waals surface area (Å²) in [5.74, 6) is 0. The quantitative estimate of drug-likeness (QED) is 0.718. The summed E-state index contributed by atoms with van der Waals surface area (Å²) in [5.41, 5.74) is 2.15. The van der Waals surface area contributed by atoms with E-state index in [1.54, 1.807) is 0 Å². The van der Waals surface area contributed by atoms with Gasteiger partial charge in [-0.3, -0.25) is 0 Å². The highest BCUT2D eigenvalue weighted by molar-refractivity contribution is 7.83. The third-order valence-corrected chi connectivity index (χ3v) is 3.51. The molecular weight excluding hydrogens is 218 g/mol. The van der Waals surface area contributed by atoms with Crippen molar-refractivity contribution >= 4 is 16.7 Å². The first-order valence-corrected chi connectivity index (χ1v) is 6.77. The molecule has 1 atom stereocenters. The van der Waals surface area contributed by atoms with Crippen LogP contribution in [0.1, 0.15) is 38.7 Å². The van der Waals surface area contributed by atoms with E-state index in [0.717, 1.165) is 29.9 Å². The number of hydrogen-bond acceptors (Lipinski definition) is 1. The number of rotatable bonds is 5. The predicted octanol–water partition coefficient (Wildman–Crippen LogP) is 3.67. The van der Waals surface area contributed by atoms with Crippen LogP contribution in [-0.2, 0) is 11.0 Å². The van der Waals surface area contributed by atoms with Gasteiger partial charge in [-0.25, -0.2) is 4.21 Å². The summed E-state index contributed by atoms with van der Waals surface area (Å²) in [4.78, 5) is 0.779. The molecule has 0 radical (unpaired) electrons. The van der Waals surface area contributed by atoms with Crippen LogP contribution in [0.2, 0.25) is 0 Å². The van der Waals surface area contributed by atoms with Gasteiger partial charge in [0, 0.05) is 5.71 Å². The van der Waals surface area contributed by atoms with Gasteiger partial charge in [0.15, 0.2) is 11.0 Å². The van der Waals surface area contributed by atoms with Crippen LogP contribution >= 0.6 is 0 Å². The molecule has 0 aromatic heterocycles. The molecular formula is C13H19NOS. The highest BCUT2D eigenvalue weighted by Gasteiger charge is 2.01. The zero-order chi connectivity index (χ0) is 12.0. The Balaban J connectivity index is 2.67. The number of nitrogens with zero attached hydrogens (tertiary/aromatic N) is 1. The molecule has 0 amide bonds. The second kappa shape index (κ2) is 6.59. The Morgan fingerprint density at radius 1 is 1.31 bits per heavy atom. The van der Waals surface area contributed by atoms with Crippen LogP contribution in [0.15, 0.2) is 33.6 Å². The van der Waals surface area contributed by atoms with Crippen molar-refractivity contribution in [3.63, 3.8) is 0 Å². The molecule has 1 rings (SSSR count). The highest BCUT2D eigenvalue weighted by Crippen LogP contribution is 2.10. The molecule has 0 fully saturated rings. The van der Waals surface area contributed by atoms with Gasteiger partial charge in [-0.2, -0.15) is 4.40 Å². The largest absolute Gasteiger partial charge is 0.229 e. The summed E-state index contributed by atoms with van der Waals surface area (Å²) < 4.78 is 16.1. The van der Waals surface area contributed by atoms with E-state index >= 15 is 0 Å². The molecule has 0 aliphatic rings. The summed E-state index contributed by atoms with van der Waals surface area (Å²) in [6.07, 6.45) is 3.19. The molecule has 88 valence electrons. The maximum atomic E-state index is 11.9. The molecule has 16 heavy (non-hydrogen) atoms. The Morgan fingerprint density at radius 2 is 1.94 bits per heavy atom. The monoisotopic (exact) mass is 237 g/mol. The Labute approximate surface area is 100 Å². The fraction of sp³-hybridized carbons (Fsp3) is 0.462. The van der Waals surface area contributed by atoms with Crippen molar-refractivity contribution in [3.8, 4) is 0 Å². The van der Waals surface area contributed by atoms with E-state index in [1.165, 1.54) is 5.56 Å². The van der Waals surface area contributed by atoms with Crippen molar-refractivity contribution in [1.29, 1.82) is 0 Å². The van der Waals surface area contributed by atoms with Crippen LogP contribution in [-0.4, -0.2) is 9.92 Å². The van der Waals surface area contributed by atoms with Gasteiger partial charge < -0.3 is 0 Å². The molecule has 0 N–H and O–H groups in total. The maximum Gasteiger partial charge on any atom is 0.172 e. The Morgan fingerprint density at radius 3 is 2.50 bits per heavy atom. The maximum absolute atomic E-state index is 11.9. The molecule has 2 nitrogen and oxygen atoms in total. The third-order valence-electron chi connectivity index (χ3n) is 2.35. The molecule has 0 bridgehead atoms. The summed E-state index contributed by atoms with van der Waals surface area (Å²) in [6, 6.07) is 7.68. The van der Waals surface area contributed by atoms with E-state index in [9.17, 15) is 4.21 Å². The van der Waals surface area contributed by atoms with Gasteiger partial charge in [-0.15, -0.1) is 0 Å². The fourth-order valence-corrected chi connectivity index (χ4v) is 2.18. The molecule has 1 aromatic carbocycles. The van der Waals surface area contributed by atoms with Gasteiger partial charge in [0.2, 0.25) is 0 Å². The number of hydrogen-bond donors (Lipinski definition) is 0. The van der Waals surface area contributed by atoms with Crippen LogP contribution in [0, 0.1) is 6.92 Å². The third kappa shape index (κ3) is 4.27. The van der Waals surface area contributed by atoms with Crippen molar-refractivity contribution in [3.05, 3.63) is 29.8 Å². The van der Waals surface area contributed by atoms with Crippen LogP contribution in [0.4, 0.5) is 0 Å². The SMILES string of the molecule is CCCC/C(C)=N/S(=O)c1ccc(C)cc1. The average Bonchev–Trinajstić information content (AvgIpc) is 2.27. The van der Waals surface area contributed by atoms with Gasteiger partial charge in [-0.05, 0) is 38.8 Å². The van der Waals surface area contributed by atoms with Crippen molar-refractivity contribution in [2.75, 3.05) is 0 Å².